The summed E-state index contributed by atoms with van der Waals surface area (Å²) in [4.78, 5) is 36.7. The zero-order valence-electron chi connectivity index (χ0n) is 18.3. The van der Waals surface area contributed by atoms with Gasteiger partial charge in [-0.2, -0.15) is 0 Å². The Balaban J connectivity index is 1.82. The van der Waals surface area contributed by atoms with E-state index in [2.05, 4.69) is 5.32 Å². The number of fused-ring (bicyclic) bond motifs is 2. The van der Waals surface area contributed by atoms with Crippen LogP contribution in [0.2, 0.25) is 0 Å². The van der Waals surface area contributed by atoms with Gasteiger partial charge in [-0.05, 0) is 61.3 Å². The molecule has 2 aliphatic rings. The Bertz CT molecular complexity index is 1410. The normalized spacial score (nSPS) is 11.1. The van der Waals surface area contributed by atoms with E-state index in [0.29, 0.717) is 40.7 Å². The van der Waals surface area contributed by atoms with E-state index in [1.807, 2.05) is 0 Å². The molecule has 0 radical (unpaired) electrons. The van der Waals surface area contributed by atoms with Crippen molar-refractivity contribution in [2.24, 2.45) is 5.73 Å². The molecule has 34 heavy (non-hydrogen) atoms. The number of benzene rings is 3. The maximum absolute atomic E-state index is 12.6. The monoisotopic (exact) mass is 460 g/mol. The third-order valence-electron chi connectivity index (χ3n) is 5.62. The van der Waals surface area contributed by atoms with Crippen LogP contribution in [0.25, 0.3) is 33.4 Å². The Morgan fingerprint density at radius 1 is 0.941 bits per heavy atom. The first-order valence-electron chi connectivity index (χ1n) is 10.9. The first kappa shape index (κ1) is 23.0. The molecule has 2 aromatic carbocycles. The summed E-state index contributed by atoms with van der Waals surface area (Å²) in [5.41, 5.74) is 7.10. The van der Waals surface area contributed by atoms with Crippen LogP contribution in [-0.4, -0.2) is 35.2 Å². The first-order valence-corrected chi connectivity index (χ1v) is 10.9. The van der Waals surface area contributed by atoms with Gasteiger partial charge in [0.15, 0.2) is 5.43 Å². The van der Waals surface area contributed by atoms with Crippen LogP contribution in [0.5, 0.6) is 5.75 Å². The van der Waals surface area contributed by atoms with Crippen LogP contribution in [0.15, 0.2) is 63.8 Å². The van der Waals surface area contributed by atoms with Crippen molar-refractivity contribution < 1.29 is 24.2 Å². The minimum atomic E-state index is -1.20. The fourth-order valence-electron chi connectivity index (χ4n) is 3.98. The molecule has 8 heteroatoms. The van der Waals surface area contributed by atoms with Gasteiger partial charge in [-0.1, -0.05) is 12.5 Å². The van der Waals surface area contributed by atoms with E-state index in [1.54, 1.807) is 24.3 Å². The minimum absolute atomic E-state index is 0.0308. The SMILES string of the molecule is NCCCCCNC(=O)c1ccc(-c2c3ccc(=O)cc-3oc3cc(O)ccc23)c(C(=O)O)c1. The molecule has 2 aromatic rings. The molecular weight excluding hydrogens is 436 g/mol. The maximum atomic E-state index is 12.6. The van der Waals surface area contributed by atoms with Gasteiger partial charge in [0.2, 0.25) is 0 Å². The Hall–Kier alpha value is -4.17. The highest BCUT2D eigenvalue weighted by Gasteiger charge is 2.23. The van der Waals surface area contributed by atoms with Gasteiger partial charge in [0.25, 0.3) is 5.91 Å². The largest absolute Gasteiger partial charge is 0.508 e. The number of phenolic OH excluding ortho intramolecular Hbond substituents is 1. The average Bonchev–Trinajstić information content (AvgIpc) is 2.81. The smallest absolute Gasteiger partial charge is 0.336 e. The third kappa shape index (κ3) is 4.62. The highest BCUT2D eigenvalue weighted by Crippen LogP contribution is 2.42. The molecule has 1 heterocycles. The number of phenols is 1. The number of carbonyl (C=O) groups is 2. The zero-order valence-corrected chi connectivity index (χ0v) is 18.3. The number of hydrogen-bond acceptors (Lipinski definition) is 6. The molecular formula is C26H24N2O6. The van der Waals surface area contributed by atoms with Crippen LogP contribution in [0.1, 0.15) is 40.0 Å². The van der Waals surface area contributed by atoms with Crippen molar-refractivity contribution in [3.05, 3.63) is 75.9 Å². The standard InChI is InChI=1S/C26H24N2O6/c27-10-2-1-3-11-28-25(31)15-4-7-18(21(12-15)26(32)33)24-19-8-5-16(29)13-22(19)34-23-14-17(30)6-9-20(23)24/h4-9,12-14,29H,1-3,10-11,27H2,(H,28,31)(H,32,33). The molecule has 5 N–H and O–H groups in total. The summed E-state index contributed by atoms with van der Waals surface area (Å²) in [5.74, 6) is -1.33. The van der Waals surface area contributed by atoms with E-state index in [-0.39, 0.29) is 34.0 Å². The lowest BCUT2D eigenvalue weighted by atomic mass is 9.90. The molecule has 0 aromatic heterocycles. The number of nitrogens with one attached hydrogen (secondary N) is 1. The number of amides is 1. The van der Waals surface area contributed by atoms with E-state index >= 15 is 0 Å². The fourth-order valence-corrected chi connectivity index (χ4v) is 3.98. The predicted molar refractivity (Wildman–Crippen MR) is 128 cm³/mol. The van der Waals surface area contributed by atoms with Gasteiger partial charge in [0.1, 0.15) is 17.1 Å². The summed E-state index contributed by atoms with van der Waals surface area (Å²) >= 11 is 0. The van der Waals surface area contributed by atoms with Crippen LogP contribution in [0.4, 0.5) is 0 Å². The highest BCUT2D eigenvalue weighted by atomic mass is 16.4. The van der Waals surface area contributed by atoms with Gasteiger partial charge < -0.3 is 25.7 Å². The summed E-state index contributed by atoms with van der Waals surface area (Å²) in [6.45, 7) is 1.07. The molecule has 1 aliphatic heterocycles. The van der Waals surface area contributed by atoms with Crippen molar-refractivity contribution in [2.75, 3.05) is 13.1 Å². The second kappa shape index (κ2) is 9.76. The second-order valence-corrected chi connectivity index (χ2v) is 7.99. The van der Waals surface area contributed by atoms with E-state index in [1.165, 1.54) is 30.3 Å². The molecule has 1 amide bonds. The van der Waals surface area contributed by atoms with Crippen LogP contribution in [0.3, 0.4) is 0 Å². The second-order valence-electron chi connectivity index (χ2n) is 7.99. The Morgan fingerprint density at radius 2 is 1.74 bits per heavy atom. The fraction of sp³-hybridized carbons (Fsp3) is 0.192. The Labute approximate surface area is 195 Å². The zero-order chi connectivity index (χ0) is 24.2. The molecule has 0 saturated carbocycles. The van der Waals surface area contributed by atoms with Gasteiger partial charge in [0.05, 0.1) is 5.56 Å². The lowest BCUT2D eigenvalue weighted by Gasteiger charge is -2.17. The van der Waals surface area contributed by atoms with Crippen LogP contribution in [-0.2, 0) is 0 Å². The minimum Gasteiger partial charge on any atom is -0.508 e. The lowest BCUT2D eigenvalue weighted by Crippen LogP contribution is -2.24. The number of carboxylic acids is 1. The van der Waals surface area contributed by atoms with Gasteiger partial charge in [-0.25, -0.2) is 4.79 Å². The van der Waals surface area contributed by atoms with Crippen molar-refractivity contribution in [2.45, 2.75) is 19.3 Å². The van der Waals surface area contributed by atoms with Crippen molar-refractivity contribution in [1.82, 2.24) is 5.32 Å². The summed E-state index contributed by atoms with van der Waals surface area (Å²) in [5, 5.41) is 23.3. The number of unbranched alkanes of at least 4 members (excludes halogenated alkanes) is 2. The van der Waals surface area contributed by atoms with Crippen LogP contribution >= 0.6 is 0 Å². The number of aromatic carboxylic acids is 1. The number of rotatable bonds is 8. The number of carbonyl (C=O) groups excluding carboxylic acids is 1. The highest BCUT2D eigenvalue weighted by molar-refractivity contribution is 6.09. The van der Waals surface area contributed by atoms with E-state index in [4.69, 9.17) is 10.2 Å². The predicted octanol–water partition coefficient (Wildman–Crippen LogP) is 3.83. The Morgan fingerprint density at radius 3 is 2.50 bits per heavy atom. The van der Waals surface area contributed by atoms with Gasteiger partial charge in [-0.15, -0.1) is 0 Å². The average molecular weight is 460 g/mol. The van der Waals surface area contributed by atoms with Gasteiger partial charge in [-0.3, -0.25) is 9.59 Å². The van der Waals surface area contributed by atoms with E-state index in [9.17, 15) is 24.6 Å². The van der Waals surface area contributed by atoms with Gasteiger partial charge in [0, 0.05) is 40.8 Å². The van der Waals surface area contributed by atoms with Crippen molar-refractivity contribution in [3.63, 3.8) is 0 Å². The topological polar surface area (TPSA) is 143 Å². The molecule has 174 valence electrons. The quantitative estimate of drug-likeness (QED) is 0.231. The molecule has 8 nitrogen and oxygen atoms in total. The summed E-state index contributed by atoms with van der Waals surface area (Å²) in [6.07, 6.45) is 2.56. The molecule has 0 atom stereocenters. The molecule has 4 rings (SSSR count). The summed E-state index contributed by atoms with van der Waals surface area (Å²) < 4.78 is 5.83. The van der Waals surface area contributed by atoms with Crippen LogP contribution in [0, 0.1) is 0 Å². The van der Waals surface area contributed by atoms with Crippen LogP contribution < -0.4 is 16.5 Å². The van der Waals surface area contributed by atoms with E-state index < -0.39 is 5.97 Å². The summed E-state index contributed by atoms with van der Waals surface area (Å²) in [7, 11) is 0. The van der Waals surface area contributed by atoms with Crippen molar-refractivity contribution in [1.29, 1.82) is 0 Å². The summed E-state index contributed by atoms with van der Waals surface area (Å²) in [6, 6.07) is 13.3. The molecule has 0 saturated heterocycles. The third-order valence-corrected chi connectivity index (χ3v) is 5.62. The van der Waals surface area contributed by atoms with E-state index in [0.717, 1.165) is 19.3 Å². The van der Waals surface area contributed by atoms with Crippen molar-refractivity contribution >= 4 is 22.8 Å². The molecule has 0 spiro atoms. The lowest BCUT2D eigenvalue weighted by molar-refractivity contribution is 0.0697. The number of hydrogen-bond donors (Lipinski definition) is 4. The maximum Gasteiger partial charge on any atom is 0.336 e. The number of carboxylic acid groups (broad SMARTS) is 1. The first-order chi connectivity index (χ1) is 16.4. The molecule has 0 fully saturated rings. The molecule has 0 bridgehead atoms. The number of nitrogens with two attached hydrogens (primary N) is 1. The number of aromatic hydroxyl groups is 1. The molecule has 0 unspecified atom stereocenters. The Kier molecular flexibility index (Phi) is 6.60. The van der Waals surface area contributed by atoms with Gasteiger partial charge >= 0.3 is 5.97 Å². The van der Waals surface area contributed by atoms with Crippen molar-refractivity contribution in [3.8, 4) is 28.2 Å². The molecule has 1 aliphatic carbocycles.